The molecular weight excluding hydrogens is 444 g/mol. The lowest BCUT2D eigenvalue weighted by atomic mass is 10.0. The molecule has 9 heteroatoms. The van der Waals surface area contributed by atoms with Crippen molar-refractivity contribution < 1.29 is 28.5 Å². The summed E-state index contributed by atoms with van der Waals surface area (Å²) >= 11 is 1.20. The highest BCUT2D eigenvalue weighted by Gasteiger charge is 2.25. The lowest BCUT2D eigenvalue weighted by Gasteiger charge is -2.19. The predicted molar refractivity (Wildman–Crippen MR) is 126 cm³/mol. The third kappa shape index (κ3) is 6.23. The van der Waals surface area contributed by atoms with E-state index in [4.69, 9.17) is 18.9 Å². The van der Waals surface area contributed by atoms with E-state index in [1.165, 1.54) is 18.4 Å². The molecule has 3 aromatic rings. The summed E-state index contributed by atoms with van der Waals surface area (Å²) in [6, 6.07) is 8.84. The molecule has 2 aromatic heterocycles. The number of nitrogens with one attached hydrogen (secondary N) is 1. The molecule has 0 aliphatic rings. The lowest BCUT2D eigenvalue weighted by Crippen LogP contribution is -2.27. The summed E-state index contributed by atoms with van der Waals surface area (Å²) in [4.78, 5) is 29.5. The number of hydrogen-bond donors (Lipinski definition) is 1. The molecule has 8 nitrogen and oxygen atoms in total. The van der Waals surface area contributed by atoms with Crippen LogP contribution in [0.2, 0.25) is 0 Å². The minimum absolute atomic E-state index is 0.0639. The second-order valence-corrected chi connectivity index (χ2v) is 8.86. The Morgan fingerprint density at radius 3 is 2.36 bits per heavy atom. The SMILES string of the molecule is COc1ccc(-c2csc(NC(=O)OC(C)(C)C)c2C(=O)OCc2ccncc2)cc1OC. The van der Waals surface area contributed by atoms with Gasteiger partial charge in [-0.25, -0.2) is 9.59 Å². The Morgan fingerprint density at radius 1 is 1.03 bits per heavy atom. The van der Waals surface area contributed by atoms with Crippen LogP contribution in [0, 0.1) is 0 Å². The Balaban J connectivity index is 1.96. The second kappa shape index (κ2) is 10.4. The molecule has 174 valence electrons. The molecular formula is C24H26N2O6S. The van der Waals surface area contributed by atoms with Crippen molar-refractivity contribution in [3.05, 3.63) is 59.2 Å². The Labute approximate surface area is 196 Å². The van der Waals surface area contributed by atoms with Gasteiger partial charge in [-0.3, -0.25) is 10.3 Å². The van der Waals surface area contributed by atoms with Crippen molar-refractivity contribution in [3.63, 3.8) is 0 Å². The highest BCUT2D eigenvalue weighted by molar-refractivity contribution is 7.15. The van der Waals surface area contributed by atoms with E-state index in [0.29, 0.717) is 27.6 Å². The van der Waals surface area contributed by atoms with Gasteiger partial charge in [0.1, 0.15) is 22.8 Å². The molecule has 1 amide bonds. The number of esters is 1. The summed E-state index contributed by atoms with van der Waals surface area (Å²) in [5, 5.41) is 4.78. The topological polar surface area (TPSA) is 96.0 Å². The van der Waals surface area contributed by atoms with Crippen molar-refractivity contribution in [2.45, 2.75) is 33.0 Å². The zero-order chi connectivity index (χ0) is 24.0. The minimum atomic E-state index is -0.685. The van der Waals surface area contributed by atoms with Gasteiger partial charge in [-0.2, -0.15) is 0 Å². The van der Waals surface area contributed by atoms with E-state index in [0.717, 1.165) is 5.56 Å². The van der Waals surface area contributed by atoms with Crippen LogP contribution in [-0.4, -0.2) is 36.9 Å². The normalized spacial score (nSPS) is 10.9. The third-order valence-electron chi connectivity index (χ3n) is 4.42. The maximum Gasteiger partial charge on any atom is 0.412 e. The number of amides is 1. The highest BCUT2D eigenvalue weighted by Crippen LogP contribution is 2.40. The van der Waals surface area contributed by atoms with Crippen molar-refractivity contribution in [1.82, 2.24) is 4.98 Å². The lowest BCUT2D eigenvalue weighted by molar-refractivity contribution is 0.0475. The third-order valence-corrected chi connectivity index (χ3v) is 5.32. The smallest absolute Gasteiger partial charge is 0.412 e. The van der Waals surface area contributed by atoms with Crippen molar-refractivity contribution in [1.29, 1.82) is 0 Å². The number of anilines is 1. The fourth-order valence-corrected chi connectivity index (χ4v) is 3.91. The molecule has 0 saturated heterocycles. The number of thiophene rings is 1. The summed E-state index contributed by atoms with van der Waals surface area (Å²) in [5.74, 6) is 0.494. The first-order valence-electron chi connectivity index (χ1n) is 10.1. The van der Waals surface area contributed by atoms with Gasteiger partial charge in [0.25, 0.3) is 0 Å². The number of ether oxygens (including phenoxy) is 4. The van der Waals surface area contributed by atoms with E-state index in [1.807, 2.05) is 0 Å². The van der Waals surface area contributed by atoms with Crippen LogP contribution in [0.25, 0.3) is 11.1 Å². The van der Waals surface area contributed by atoms with Crippen molar-refractivity contribution in [2.75, 3.05) is 19.5 Å². The number of rotatable bonds is 7. The van der Waals surface area contributed by atoms with Crippen LogP contribution in [-0.2, 0) is 16.1 Å². The molecule has 33 heavy (non-hydrogen) atoms. The Kier molecular flexibility index (Phi) is 7.55. The maximum absolute atomic E-state index is 13.2. The van der Waals surface area contributed by atoms with Crippen LogP contribution in [0.3, 0.4) is 0 Å². The van der Waals surface area contributed by atoms with E-state index in [9.17, 15) is 9.59 Å². The average molecular weight is 471 g/mol. The number of benzene rings is 1. The number of nitrogens with zero attached hydrogens (tertiary/aromatic N) is 1. The fourth-order valence-electron chi connectivity index (χ4n) is 2.97. The molecule has 0 saturated carbocycles. The number of carbonyl (C=O) groups excluding carboxylic acids is 2. The average Bonchev–Trinajstić information content (AvgIpc) is 3.19. The molecule has 0 spiro atoms. The largest absolute Gasteiger partial charge is 0.493 e. The van der Waals surface area contributed by atoms with Crippen molar-refractivity contribution in [2.24, 2.45) is 0 Å². The van der Waals surface area contributed by atoms with Gasteiger partial charge in [0.2, 0.25) is 0 Å². The first-order valence-corrected chi connectivity index (χ1v) is 11.0. The van der Waals surface area contributed by atoms with Gasteiger partial charge in [0, 0.05) is 23.3 Å². The molecule has 0 aliphatic carbocycles. The van der Waals surface area contributed by atoms with Gasteiger partial charge in [-0.05, 0) is 56.2 Å². The van der Waals surface area contributed by atoms with Crippen LogP contribution < -0.4 is 14.8 Å². The molecule has 2 heterocycles. The molecule has 0 aliphatic heterocycles. The molecule has 1 aromatic carbocycles. The summed E-state index contributed by atoms with van der Waals surface area (Å²) in [6.45, 7) is 5.36. The Morgan fingerprint density at radius 2 is 1.73 bits per heavy atom. The Bertz CT molecular complexity index is 1120. The monoisotopic (exact) mass is 470 g/mol. The van der Waals surface area contributed by atoms with Crippen molar-refractivity contribution in [3.8, 4) is 22.6 Å². The molecule has 3 rings (SSSR count). The first kappa shape index (κ1) is 24.1. The molecule has 0 fully saturated rings. The van der Waals surface area contributed by atoms with E-state index >= 15 is 0 Å². The molecule has 0 radical (unpaired) electrons. The summed E-state index contributed by atoms with van der Waals surface area (Å²) in [7, 11) is 3.08. The van der Waals surface area contributed by atoms with E-state index in [-0.39, 0.29) is 12.2 Å². The summed E-state index contributed by atoms with van der Waals surface area (Å²) in [6.07, 6.45) is 2.59. The molecule has 0 atom stereocenters. The maximum atomic E-state index is 13.2. The fraction of sp³-hybridized carbons (Fsp3) is 0.292. The first-order chi connectivity index (χ1) is 15.7. The quantitative estimate of drug-likeness (QED) is 0.454. The highest BCUT2D eigenvalue weighted by atomic mass is 32.1. The van der Waals surface area contributed by atoms with Gasteiger partial charge in [-0.1, -0.05) is 6.07 Å². The molecule has 0 bridgehead atoms. The number of methoxy groups -OCH3 is 2. The molecule has 1 N–H and O–H groups in total. The van der Waals surface area contributed by atoms with Crippen LogP contribution in [0.5, 0.6) is 11.5 Å². The summed E-state index contributed by atoms with van der Waals surface area (Å²) < 4.78 is 21.6. The number of aromatic nitrogens is 1. The van der Waals surface area contributed by atoms with E-state index < -0.39 is 17.7 Å². The van der Waals surface area contributed by atoms with Gasteiger partial charge >= 0.3 is 12.1 Å². The van der Waals surface area contributed by atoms with E-state index in [1.54, 1.807) is 76.0 Å². The zero-order valence-electron chi connectivity index (χ0n) is 19.1. The number of pyridine rings is 1. The van der Waals surface area contributed by atoms with Crippen LogP contribution >= 0.6 is 11.3 Å². The standard InChI is InChI=1S/C24H26N2O6S/c1-24(2,3)32-23(28)26-21-20(22(27)31-13-15-8-10-25-11-9-15)17(14-33-21)16-6-7-18(29-4)19(12-16)30-5/h6-12,14H,13H2,1-5H3,(H,26,28). The van der Waals surface area contributed by atoms with Gasteiger partial charge < -0.3 is 18.9 Å². The van der Waals surface area contributed by atoms with Gasteiger partial charge in [0.15, 0.2) is 11.5 Å². The Hall–Kier alpha value is -3.59. The van der Waals surface area contributed by atoms with Crippen LogP contribution in [0.15, 0.2) is 48.1 Å². The predicted octanol–water partition coefficient (Wildman–Crippen LogP) is 5.53. The molecule has 0 unspecified atom stereocenters. The van der Waals surface area contributed by atoms with Gasteiger partial charge in [-0.15, -0.1) is 11.3 Å². The zero-order valence-corrected chi connectivity index (χ0v) is 19.9. The van der Waals surface area contributed by atoms with Gasteiger partial charge in [0.05, 0.1) is 14.2 Å². The number of hydrogen-bond acceptors (Lipinski definition) is 8. The van der Waals surface area contributed by atoms with E-state index in [2.05, 4.69) is 10.3 Å². The van der Waals surface area contributed by atoms with Crippen molar-refractivity contribution >= 4 is 28.4 Å². The summed E-state index contributed by atoms with van der Waals surface area (Å²) in [5.41, 5.74) is 1.63. The number of carbonyl (C=O) groups is 2. The second-order valence-electron chi connectivity index (χ2n) is 7.98. The van der Waals surface area contributed by atoms with Crippen LogP contribution in [0.1, 0.15) is 36.7 Å². The minimum Gasteiger partial charge on any atom is -0.493 e. The van der Waals surface area contributed by atoms with Crippen LogP contribution in [0.4, 0.5) is 9.80 Å².